The Hall–Kier alpha value is -2.24. The quantitative estimate of drug-likeness (QED) is 0.0235. The molecule has 8 atom stereocenters. The number of hydrogen-bond acceptors (Lipinski definition) is 15. The predicted octanol–water partition coefficient (Wildman–Crippen LogP) is 8.82. The molecule has 0 aromatic carbocycles. The zero-order valence-electron chi connectivity index (χ0n) is 38.9. The maximum Gasteiger partial charge on any atom is 0.481 e. The minimum absolute atomic E-state index is 0.0552. The normalized spacial score (nSPS) is 20.5. The fourth-order valence-corrected chi connectivity index (χ4v) is 9.41. The summed E-state index contributed by atoms with van der Waals surface area (Å²) in [6, 6.07) is 1.25. The highest BCUT2D eigenvalue weighted by molar-refractivity contribution is 7.61. The van der Waals surface area contributed by atoms with Crippen LogP contribution in [0.5, 0.6) is 0 Å². The highest BCUT2D eigenvalue weighted by Crippen LogP contribution is 2.60. The van der Waals surface area contributed by atoms with Crippen molar-refractivity contribution in [1.29, 1.82) is 0 Å². The molecule has 1 fully saturated rings. The highest BCUT2D eigenvalue weighted by Gasteiger charge is 2.46. The van der Waals surface area contributed by atoms with Crippen molar-refractivity contribution in [2.75, 3.05) is 25.6 Å². The lowest BCUT2D eigenvalue weighted by atomic mass is 9.99. The molecular formula is C44H81N3O15P2. The van der Waals surface area contributed by atoms with Crippen LogP contribution in [0, 0.1) is 11.8 Å². The van der Waals surface area contributed by atoms with Gasteiger partial charge >= 0.3 is 33.3 Å². The Bertz CT molecular complexity index is 1600. The van der Waals surface area contributed by atoms with Gasteiger partial charge in [-0.15, -0.1) is 0 Å². The third kappa shape index (κ3) is 26.2. The summed E-state index contributed by atoms with van der Waals surface area (Å²) in [5.41, 5.74) is 4.58. The van der Waals surface area contributed by atoms with Gasteiger partial charge in [0.25, 0.3) is 0 Å². The van der Waals surface area contributed by atoms with Gasteiger partial charge in [0.2, 0.25) is 0 Å². The first-order chi connectivity index (χ1) is 30.4. The molecule has 0 spiro atoms. The van der Waals surface area contributed by atoms with E-state index in [1.165, 1.54) is 89.3 Å². The number of rotatable bonds is 38. The number of nitrogens with zero attached hydrogens (tertiary/aromatic N) is 2. The molecule has 2 heterocycles. The number of aliphatic hydroxyl groups excluding tert-OH is 2. The van der Waals surface area contributed by atoms with E-state index in [-0.39, 0.29) is 18.7 Å². The Labute approximate surface area is 380 Å². The van der Waals surface area contributed by atoms with Crippen LogP contribution >= 0.6 is 15.6 Å². The first-order valence-corrected chi connectivity index (χ1v) is 26.8. The van der Waals surface area contributed by atoms with Gasteiger partial charge in [-0.25, -0.2) is 13.9 Å². The molecule has 0 radical (unpaired) electrons. The van der Waals surface area contributed by atoms with Gasteiger partial charge in [0.05, 0.1) is 13.2 Å². The Balaban J connectivity index is 1.82. The summed E-state index contributed by atoms with van der Waals surface area (Å²) in [5, 5.41) is 20.9. The molecule has 372 valence electrons. The molecule has 0 aliphatic carbocycles. The third-order valence-corrected chi connectivity index (χ3v) is 14.0. The molecule has 4 unspecified atom stereocenters. The van der Waals surface area contributed by atoms with E-state index >= 15 is 0 Å². The number of nitrogen functional groups attached to an aromatic ring is 1. The largest absolute Gasteiger partial charge is 0.481 e. The zero-order chi connectivity index (χ0) is 47.4. The second kappa shape index (κ2) is 32.5. The van der Waals surface area contributed by atoms with Gasteiger partial charge in [0.15, 0.2) is 12.3 Å². The summed E-state index contributed by atoms with van der Waals surface area (Å²) in [4.78, 5) is 61.7. The first-order valence-electron chi connectivity index (χ1n) is 23.8. The van der Waals surface area contributed by atoms with Crippen LogP contribution in [0.2, 0.25) is 0 Å². The molecule has 1 aromatic rings. The summed E-state index contributed by atoms with van der Waals surface area (Å²) in [5.74, 6) is 0.255. The summed E-state index contributed by atoms with van der Waals surface area (Å²) in [6.45, 7) is 6.74. The summed E-state index contributed by atoms with van der Waals surface area (Å²) in [6.07, 6.45) is 17.9. The molecule has 1 aromatic heterocycles. The van der Waals surface area contributed by atoms with E-state index in [0.29, 0.717) is 12.8 Å². The molecule has 0 bridgehead atoms. The Morgan fingerprint density at radius 2 is 1.25 bits per heavy atom. The van der Waals surface area contributed by atoms with Crippen molar-refractivity contribution < 1.29 is 66.3 Å². The number of carbonyl (C=O) groups is 2. The lowest BCUT2D eigenvalue weighted by Crippen LogP contribution is -2.36. The van der Waals surface area contributed by atoms with Crippen LogP contribution in [-0.4, -0.2) is 85.7 Å². The molecule has 0 saturated carbocycles. The molecule has 0 amide bonds. The number of phosphoric ester groups is 2. The fourth-order valence-electron chi connectivity index (χ4n) is 7.30. The van der Waals surface area contributed by atoms with Gasteiger partial charge < -0.3 is 39.9 Å². The molecule has 18 nitrogen and oxygen atoms in total. The number of esters is 2. The standard InChI is InChI=1S/C44H81N3O15P2/c1-5-35(4)26-22-18-14-10-6-7-11-16-20-24-28-40(49)60-36(31-57-39(48)27-23-19-15-12-8-9-13-17-21-25-34(2)3)32-58-63(53,54)62-64(55,56)59-33-37-41(50)42(51)43(61-37)47-30-29-38(45)46-44(47)52/h29-30,34-37,41-43,50-51H,5-28,31-33H2,1-4H3,(H,53,54)(H,55,56)(H2,45,46,52)/t35?,36-,37-,41+,42?,43-/m1/s1. The zero-order valence-corrected chi connectivity index (χ0v) is 40.7. The number of aromatic nitrogens is 2. The summed E-state index contributed by atoms with van der Waals surface area (Å²) >= 11 is 0. The van der Waals surface area contributed by atoms with Gasteiger partial charge in [0.1, 0.15) is 30.7 Å². The van der Waals surface area contributed by atoms with Crippen LogP contribution in [0.25, 0.3) is 0 Å². The average Bonchev–Trinajstić information content (AvgIpc) is 3.51. The maximum atomic E-state index is 12.8. The Morgan fingerprint density at radius 1 is 0.750 bits per heavy atom. The number of hydrogen-bond donors (Lipinski definition) is 5. The van der Waals surface area contributed by atoms with Crippen molar-refractivity contribution >= 4 is 33.4 Å². The van der Waals surface area contributed by atoms with E-state index in [2.05, 4.69) is 37.0 Å². The monoisotopic (exact) mass is 954 g/mol. The van der Waals surface area contributed by atoms with Crippen LogP contribution in [0.3, 0.4) is 0 Å². The second-order valence-electron chi connectivity index (χ2n) is 17.7. The number of phosphoric acid groups is 2. The Morgan fingerprint density at radius 3 is 1.78 bits per heavy atom. The number of ether oxygens (including phenoxy) is 3. The molecular weight excluding hydrogens is 872 g/mol. The van der Waals surface area contributed by atoms with Gasteiger partial charge in [-0.05, 0) is 30.7 Å². The van der Waals surface area contributed by atoms with Crippen molar-refractivity contribution in [3.8, 4) is 0 Å². The summed E-state index contributed by atoms with van der Waals surface area (Å²) in [7, 11) is -10.8. The topological polar surface area (TPSA) is 265 Å². The minimum Gasteiger partial charge on any atom is -0.462 e. The lowest BCUT2D eigenvalue weighted by Gasteiger charge is -2.21. The Kier molecular flexibility index (Phi) is 29.4. The van der Waals surface area contributed by atoms with Gasteiger partial charge in [-0.3, -0.25) is 23.2 Å². The summed E-state index contributed by atoms with van der Waals surface area (Å²) < 4.78 is 56.7. The van der Waals surface area contributed by atoms with Gasteiger partial charge in [-0.1, -0.05) is 156 Å². The van der Waals surface area contributed by atoms with Crippen molar-refractivity contribution in [3.63, 3.8) is 0 Å². The molecule has 6 N–H and O–H groups in total. The number of aliphatic hydroxyl groups is 2. The maximum absolute atomic E-state index is 12.8. The number of anilines is 1. The molecule has 1 aliphatic rings. The van der Waals surface area contributed by atoms with Crippen LogP contribution in [0.15, 0.2) is 17.1 Å². The fraction of sp³-hybridized carbons (Fsp3) is 0.864. The van der Waals surface area contributed by atoms with Crippen LogP contribution in [-0.2, 0) is 46.3 Å². The van der Waals surface area contributed by atoms with Crippen molar-refractivity contribution in [2.45, 2.75) is 212 Å². The van der Waals surface area contributed by atoms with Crippen LogP contribution in [0.1, 0.15) is 188 Å². The molecule has 1 saturated heterocycles. The second-order valence-corrected chi connectivity index (χ2v) is 20.7. The van der Waals surface area contributed by atoms with Crippen molar-refractivity contribution in [3.05, 3.63) is 22.7 Å². The van der Waals surface area contributed by atoms with E-state index in [0.717, 1.165) is 67.8 Å². The predicted molar refractivity (Wildman–Crippen MR) is 243 cm³/mol. The number of carbonyl (C=O) groups excluding carboxylic acids is 2. The highest BCUT2D eigenvalue weighted by atomic mass is 31.3. The third-order valence-electron chi connectivity index (χ3n) is 11.4. The van der Waals surface area contributed by atoms with E-state index < -0.39 is 83.7 Å². The van der Waals surface area contributed by atoms with E-state index in [1.54, 1.807) is 0 Å². The van der Waals surface area contributed by atoms with E-state index in [1.807, 2.05) is 0 Å². The molecule has 64 heavy (non-hydrogen) atoms. The molecule has 1 aliphatic heterocycles. The van der Waals surface area contributed by atoms with Crippen molar-refractivity contribution in [2.24, 2.45) is 11.8 Å². The minimum atomic E-state index is -5.41. The van der Waals surface area contributed by atoms with Crippen LogP contribution < -0.4 is 11.4 Å². The van der Waals surface area contributed by atoms with Crippen molar-refractivity contribution in [1.82, 2.24) is 9.55 Å². The van der Waals surface area contributed by atoms with Gasteiger partial charge in [-0.2, -0.15) is 9.29 Å². The molecule has 20 heteroatoms. The smallest absolute Gasteiger partial charge is 0.462 e. The lowest BCUT2D eigenvalue weighted by molar-refractivity contribution is -0.161. The first kappa shape index (κ1) is 57.9. The SMILES string of the molecule is CCC(C)CCCCCCCCCCCCC(=O)O[C@H](COC(=O)CCCCCCCCCCCC(C)C)COP(=O)(O)OP(=O)(O)OC[C@H]1O[C@@H](n2ccc(N)nc2=O)C(O)[C@H]1O. The van der Waals surface area contributed by atoms with Crippen LogP contribution in [0.4, 0.5) is 5.82 Å². The van der Waals surface area contributed by atoms with E-state index in [9.17, 15) is 43.5 Å². The number of nitrogens with two attached hydrogens (primary N) is 1. The number of unbranched alkanes of at least 4 members (excludes halogenated alkanes) is 17. The molecule has 2 rings (SSSR count). The average molecular weight is 954 g/mol. The van der Waals surface area contributed by atoms with E-state index in [4.69, 9.17) is 29.0 Å². The van der Waals surface area contributed by atoms with Gasteiger partial charge in [0, 0.05) is 19.0 Å².